The van der Waals surface area contributed by atoms with Gasteiger partial charge in [-0.05, 0) is 12.1 Å². The molecule has 3 nitrogen and oxygen atoms in total. The fourth-order valence-corrected chi connectivity index (χ4v) is 1.17. The summed E-state index contributed by atoms with van der Waals surface area (Å²) in [7, 11) is 0. The molecule has 0 fully saturated rings. The van der Waals surface area contributed by atoms with Gasteiger partial charge < -0.3 is 11.2 Å². The Morgan fingerprint density at radius 2 is 1.47 bits per heavy atom. The van der Waals surface area contributed by atoms with E-state index in [1.807, 2.05) is 0 Å². The van der Waals surface area contributed by atoms with Gasteiger partial charge in [-0.15, -0.1) is 0 Å². The maximum atomic E-state index is 12.4. The van der Waals surface area contributed by atoms with Crippen LogP contribution in [0.5, 0.6) is 0 Å². The van der Waals surface area contributed by atoms with Crippen LogP contribution in [0.25, 0.3) is 0 Å². The molecule has 17 heavy (non-hydrogen) atoms. The Bertz CT molecular complexity index is 422. The summed E-state index contributed by atoms with van der Waals surface area (Å²) in [5.74, 6) is 4.81. The fraction of sp³-hybridized carbons (Fsp3) is 0.250. The van der Waals surface area contributed by atoms with Crippen LogP contribution in [0.2, 0.25) is 0 Å². The molecule has 5 N–H and O–H groups in total. The van der Waals surface area contributed by atoms with Gasteiger partial charge in [0.05, 0.1) is 22.5 Å². The first-order valence-corrected chi connectivity index (χ1v) is 4.12. The van der Waals surface area contributed by atoms with E-state index in [1.165, 1.54) is 0 Å². The van der Waals surface area contributed by atoms with E-state index in [-0.39, 0.29) is 6.07 Å². The minimum Gasteiger partial charge on any atom is -0.397 e. The van der Waals surface area contributed by atoms with Crippen LogP contribution in [0.15, 0.2) is 12.1 Å². The molecule has 0 aromatic heterocycles. The van der Waals surface area contributed by atoms with Crippen LogP contribution >= 0.6 is 0 Å². The first-order chi connectivity index (χ1) is 7.57. The Morgan fingerprint density at radius 3 is 1.82 bits per heavy atom. The molecule has 0 unspecified atom stereocenters. The van der Waals surface area contributed by atoms with Crippen LogP contribution in [0.3, 0.4) is 0 Å². The number of benzene rings is 1. The minimum atomic E-state index is -4.99. The molecule has 0 atom stereocenters. The summed E-state index contributed by atoms with van der Waals surface area (Å²) in [4.78, 5) is 0. The van der Waals surface area contributed by atoms with E-state index in [9.17, 15) is 26.3 Å². The van der Waals surface area contributed by atoms with E-state index in [4.69, 9.17) is 11.6 Å². The quantitative estimate of drug-likeness (QED) is 0.314. The first kappa shape index (κ1) is 13.4. The van der Waals surface area contributed by atoms with E-state index in [0.717, 1.165) is 0 Å². The number of halogens is 6. The van der Waals surface area contributed by atoms with Gasteiger partial charge in [0, 0.05) is 0 Å². The van der Waals surface area contributed by atoms with Crippen molar-refractivity contribution in [1.82, 2.24) is 0 Å². The number of nitrogens with one attached hydrogen (secondary N) is 1. The van der Waals surface area contributed by atoms with Crippen molar-refractivity contribution >= 4 is 11.4 Å². The Morgan fingerprint density at radius 1 is 0.941 bits per heavy atom. The third kappa shape index (κ3) is 2.73. The normalized spacial score (nSPS) is 12.6. The van der Waals surface area contributed by atoms with E-state index in [2.05, 4.69) is 0 Å². The molecule has 1 rings (SSSR count). The van der Waals surface area contributed by atoms with Crippen molar-refractivity contribution in [1.29, 1.82) is 0 Å². The molecule has 0 spiro atoms. The summed E-state index contributed by atoms with van der Waals surface area (Å²) >= 11 is 0. The number of anilines is 2. The van der Waals surface area contributed by atoms with E-state index in [0.29, 0.717) is 6.07 Å². The highest BCUT2D eigenvalue weighted by molar-refractivity contribution is 5.71. The second-order valence-electron chi connectivity index (χ2n) is 3.12. The standard InChI is InChI=1S/C8H7F6N3/c9-7(10,11)3-1-4(8(12,13)14)6(15)5(2-3)17-16/h1-2,17H,15-16H2. The molecule has 0 saturated heterocycles. The number of nitrogen functional groups attached to an aromatic ring is 2. The second-order valence-corrected chi connectivity index (χ2v) is 3.12. The van der Waals surface area contributed by atoms with Gasteiger partial charge >= 0.3 is 12.4 Å². The van der Waals surface area contributed by atoms with Gasteiger partial charge in [-0.25, -0.2) is 0 Å². The highest BCUT2D eigenvalue weighted by Gasteiger charge is 2.39. The molecule has 0 aliphatic carbocycles. The van der Waals surface area contributed by atoms with Crippen molar-refractivity contribution in [2.45, 2.75) is 12.4 Å². The van der Waals surface area contributed by atoms with Crippen LogP contribution in [0.4, 0.5) is 37.7 Å². The first-order valence-electron chi connectivity index (χ1n) is 4.12. The molecule has 0 saturated carbocycles. The third-order valence-corrected chi connectivity index (χ3v) is 1.97. The molecule has 96 valence electrons. The molecule has 1 aromatic carbocycles. The van der Waals surface area contributed by atoms with Crippen molar-refractivity contribution in [2.24, 2.45) is 5.84 Å². The van der Waals surface area contributed by atoms with Gasteiger partial charge in [-0.3, -0.25) is 5.84 Å². The van der Waals surface area contributed by atoms with Crippen molar-refractivity contribution in [3.05, 3.63) is 23.3 Å². The van der Waals surface area contributed by atoms with Gasteiger partial charge in [0.15, 0.2) is 0 Å². The minimum absolute atomic E-state index is 0.0594. The van der Waals surface area contributed by atoms with Crippen LogP contribution in [0, 0.1) is 0 Å². The molecule has 0 heterocycles. The van der Waals surface area contributed by atoms with Crippen LogP contribution in [-0.4, -0.2) is 0 Å². The molecule has 0 aliphatic heterocycles. The molecule has 0 radical (unpaired) electrons. The average Bonchev–Trinajstić information content (AvgIpc) is 2.14. The van der Waals surface area contributed by atoms with E-state index >= 15 is 0 Å². The average molecular weight is 259 g/mol. The SMILES string of the molecule is NNc1cc(C(F)(F)F)cc(C(F)(F)F)c1N. The number of hydrogen-bond donors (Lipinski definition) is 3. The topological polar surface area (TPSA) is 64.1 Å². The van der Waals surface area contributed by atoms with Crippen molar-refractivity contribution < 1.29 is 26.3 Å². The summed E-state index contributed by atoms with van der Waals surface area (Å²) in [6.07, 6.45) is -9.91. The Balaban J connectivity index is 3.50. The van der Waals surface area contributed by atoms with Crippen LogP contribution in [0.1, 0.15) is 11.1 Å². The van der Waals surface area contributed by atoms with Crippen molar-refractivity contribution in [2.75, 3.05) is 11.2 Å². The lowest BCUT2D eigenvalue weighted by molar-refractivity contribution is -0.142. The zero-order chi connectivity index (χ0) is 13.4. The Hall–Kier alpha value is -1.64. The Labute approximate surface area is 91.4 Å². The van der Waals surface area contributed by atoms with Crippen molar-refractivity contribution in [3.8, 4) is 0 Å². The number of nitrogens with two attached hydrogens (primary N) is 2. The molecular formula is C8H7F6N3. The highest BCUT2D eigenvalue weighted by Crippen LogP contribution is 2.41. The Kier molecular flexibility index (Phi) is 3.15. The van der Waals surface area contributed by atoms with Gasteiger partial charge in [-0.2, -0.15) is 26.3 Å². The molecule has 0 amide bonds. The summed E-state index contributed by atoms with van der Waals surface area (Å²) < 4.78 is 74.2. The summed E-state index contributed by atoms with van der Waals surface area (Å²) in [6.45, 7) is 0. The maximum Gasteiger partial charge on any atom is 0.418 e. The summed E-state index contributed by atoms with van der Waals surface area (Å²) in [5.41, 5.74) is 2.18. The number of hydrogen-bond acceptors (Lipinski definition) is 3. The molecule has 0 aliphatic rings. The monoisotopic (exact) mass is 259 g/mol. The predicted molar refractivity (Wildman–Crippen MR) is 48.7 cm³/mol. The summed E-state index contributed by atoms with van der Waals surface area (Å²) in [5, 5.41) is 0. The maximum absolute atomic E-state index is 12.4. The van der Waals surface area contributed by atoms with Crippen LogP contribution in [-0.2, 0) is 12.4 Å². The lowest BCUT2D eigenvalue weighted by atomic mass is 10.1. The van der Waals surface area contributed by atoms with E-state index in [1.54, 1.807) is 5.43 Å². The number of rotatable bonds is 1. The summed E-state index contributed by atoms with van der Waals surface area (Å²) in [6, 6.07) is 0.348. The second kappa shape index (κ2) is 3.99. The number of alkyl halides is 6. The van der Waals surface area contributed by atoms with Crippen LogP contribution < -0.4 is 17.0 Å². The van der Waals surface area contributed by atoms with E-state index < -0.39 is 34.9 Å². The zero-order valence-corrected chi connectivity index (χ0v) is 8.08. The van der Waals surface area contributed by atoms with Gasteiger partial charge in [0.1, 0.15) is 0 Å². The smallest absolute Gasteiger partial charge is 0.397 e. The highest BCUT2D eigenvalue weighted by atomic mass is 19.4. The fourth-order valence-electron chi connectivity index (χ4n) is 1.17. The van der Waals surface area contributed by atoms with Gasteiger partial charge in [0.25, 0.3) is 0 Å². The number of hydrazine groups is 1. The largest absolute Gasteiger partial charge is 0.418 e. The predicted octanol–water partition coefficient (Wildman–Crippen LogP) is 2.59. The molecule has 9 heteroatoms. The molecule has 1 aromatic rings. The molecular weight excluding hydrogens is 252 g/mol. The lowest BCUT2D eigenvalue weighted by Gasteiger charge is -2.16. The lowest BCUT2D eigenvalue weighted by Crippen LogP contribution is -2.17. The third-order valence-electron chi connectivity index (χ3n) is 1.97. The zero-order valence-electron chi connectivity index (χ0n) is 8.08. The molecule has 0 bridgehead atoms. The van der Waals surface area contributed by atoms with Gasteiger partial charge in [-0.1, -0.05) is 0 Å². The van der Waals surface area contributed by atoms with Gasteiger partial charge in [0.2, 0.25) is 0 Å². The van der Waals surface area contributed by atoms with Crippen molar-refractivity contribution in [3.63, 3.8) is 0 Å².